The summed E-state index contributed by atoms with van der Waals surface area (Å²) in [4.78, 5) is 39.5. The van der Waals surface area contributed by atoms with Crippen molar-refractivity contribution in [3.05, 3.63) is 65.2 Å². The molecule has 2 aliphatic rings. The second-order valence-electron chi connectivity index (χ2n) is 8.52. The normalized spacial score (nSPS) is 18.8. The Balaban J connectivity index is 1.42. The topological polar surface area (TPSA) is 116 Å². The summed E-state index contributed by atoms with van der Waals surface area (Å²) in [6.07, 6.45) is 5.42. The summed E-state index contributed by atoms with van der Waals surface area (Å²) in [5.41, 5.74) is 2.21. The number of hydrogen-bond acceptors (Lipinski definition) is 8. The molecule has 0 aliphatic carbocycles. The van der Waals surface area contributed by atoms with E-state index in [1.165, 1.54) is 13.4 Å². The van der Waals surface area contributed by atoms with Crippen molar-refractivity contribution in [2.45, 2.75) is 31.5 Å². The maximum Gasteiger partial charge on any atom is 0.410 e. The van der Waals surface area contributed by atoms with E-state index < -0.39 is 0 Å². The molecule has 2 aromatic heterocycles. The van der Waals surface area contributed by atoms with Gasteiger partial charge in [-0.05, 0) is 17.7 Å². The summed E-state index contributed by atoms with van der Waals surface area (Å²) in [5, 5.41) is 3.51. The van der Waals surface area contributed by atoms with E-state index in [2.05, 4.69) is 20.3 Å². The first-order valence-corrected chi connectivity index (χ1v) is 11.9. The average molecular weight is 510 g/mol. The molecule has 1 aromatic carbocycles. The van der Waals surface area contributed by atoms with Gasteiger partial charge in [0.15, 0.2) is 0 Å². The quantitative estimate of drug-likeness (QED) is 0.514. The first-order valence-electron chi connectivity index (χ1n) is 11.5. The van der Waals surface area contributed by atoms with E-state index in [4.69, 9.17) is 25.8 Å². The maximum absolute atomic E-state index is 13.1. The summed E-state index contributed by atoms with van der Waals surface area (Å²) in [6.45, 7) is 1.19. The van der Waals surface area contributed by atoms with E-state index in [9.17, 15) is 9.59 Å². The standard InChI is InChI=1S/C25H24ClN5O5/c1-34-24-20(23(32)29-10-15-2-4-17(26)5-3-15)9-21(22(30-24)16-11-27-14-28-12-16)36-19-6-7-31-18(8-19)13-35-25(31)33/h2-5,9,11-12,14,18-19H,6-8,10,13H2,1H3,(H,29,32)/t18-,19-/m0/s1. The molecular weight excluding hydrogens is 486 g/mol. The van der Waals surface area contributed by atoms with E-state index in [0.717, 1.165) is 5.56 Å². The minimum Gasteiger partial charge on any atom is -0.488 e. The second-order valence-corrected chi connectivity index (χ2v) is 8.95. The predicted octanol–water partition coefficient (Wildman–Crippen LogP) is 3.49. The van der Waals surface area contributed by atoms with E-state index >= 15 is 0 Å². The monoisotopic (exact) mass is 509 g/mol. The third-order valence-corrected chi connectivity index (χ3v) is 6.44. The molecule has 2 aliphatic heterocycles. The van der Waals surface area contributed by atoms with Gasteiger partial charge in [0, 0.05) is 55.0 Å². The van der Waals surface area contributed by atoms with Crippen LogP contribution in [-0.4, -0.2) is 64.3 Å². The minimum absolute atomic E-state index is 0.0342. The van der Waals surface area contributed by atoms with Crippen molar-refractivity contribution in [3.8, 4) is 22.9 Å². The van der Waals surface area contributed by atoms with Gasteiger partial charge < -0.3 is 24.4 Å². The number of fused-ring (bicyclic) bond motifs is 1. The van der Waals surface area contributed by atoms with Crippen LogP contribution in [0.15, 0.2) is 49.1 Å². The molecule has 0 unspecified atom stereocenters. The second kappa shape index (κ2) is 10.4. The molecule has 11 heteroatoms. The number of nitrogens with zero attached hydrogens (tertiary/aromatic N) is 4. The Hall–Kier alpha value is -3.92. The zero-order valence-electron chi connectivity index (χ0n) is 19.5. The molecule has 2 atom stereocenters. The molecule has 2 fully saturated rings. The first-order chi connectivity index (χ1) is 17.5. The molecule has 1 N–H and O–H groups in total. The highest BCUT2D eigenvalue weighted by molar-refractivity contribution is 6.30. The Morgan fingerprint density at radius 1 is 1.25 bits per heavy atom. The number of carbonyl (C=O) groups is 2. The van der Waals surface area contributed by atoms with Crippen LogP contribution in [0.5, 0.6) is 11.6 Å². The number of halogens is 1. The molecule has 0 spiro atoms. The van der Waals surface area contributed by atoms with Crippen molar-refractivity contribution in [3.63, 3.8) is 0 Å². The predicted molar refractivity (Wildman–Crippen MR) is 130 cm³/mol. The number of nitrogens with one attached hydrogen (secondary N) is 1. The summed E-state index contributed by atoms with van der Waals surface area (Å²) in [7, 11) is 1.46. The molecule has 3 aromatic rings. The van der Waals surface area contributed by atoms with Gasteiger partial charge in [0.25, 0.3) is 5.91 Å². The number of benzene rings is 1. The van der Waals surface area contributed by atoms with Gasteiger partial charge in [-0.1, -0.05) is 23.7 Å². The van der Waals surface area contributed by atoms with Crippen LogP contribution >= 0.6 is 11.6 Å². The van der Waals surface area contributed by atoms with Crippen molar-refractivity contribution < 1.29 is 23.8 Å². The molecular formula is C25H24ClN5O5. The smallest absolute Gasteiger partial charge is 0.410 e. The van der Waals surface area contributed by atoms with E-state index in [0.29, 0.717) is 54.6 Å². The molecule has 4 heterocycles. The Bertz CT molecular complexity index is 1260. The fourth-order valence-electron chi connectivity index (χ4n) is 4.34. The van der Waals surface area contributed by atoms with Gasteiger partial charge in [0.2, 0.25) is 5.88 Å². The van der Waals surface area contributed by atoms with E-state index in [1.807, 2.05) is 12.1 Å². The van der Waals surface area contributed by atoms with E-state index in [1.54, 1.807) is 35.5 Å². The number of rotatable bonds is 7. The summed E-state index contributed by atoms with van der Waals surface area (Å²) in [6, 6.07) is 8.82. The fraction of sp³-hybridized carbons (Fsp3) is 0.320. The number of ether oxygens (including phenoxy) is 3. The van der Waals surface area contributed by atoms with Crippen molar-refractivity contribution >= 4 is 23.6 Å². The van der Waals surface area contributed by atoms with Crippen LogP contribution in [0.2, 0.25) is 5.02 Å². The number of piperidine rings is 1. The lowest BCUT2D eigenvalue weighted by Gasteiger charge is -2.33. The lowest BCUT2D eigenvalue weighted by molar-refractivity contribution is 0.0913. The zero-order valence-corrected chi connectivity index (χ0v) is 20.3. The van der Waals surface area contributed by atoms with Crippen molar-refractivity contribution in [2.24, 2.45) is 0 Å². The molecule has 5 rings (SSSR count). The highest BCUT2D eigenvalue weighted by Gasteiger charge is 2.39. The van der Waals surface area contributed by atoms with Crippen LogP contribution in [0.1, 0.15) is 28.8 Å². The van der Waals surface area contributed by atoms with Crippen LogP contribution in [-0.2, 0) is 11.3 Å². The summed E-state index contributed by atoms with van der Waals surface area (Å²) in [5.74, 6) is 0.199. The number of pyridine rings is 1. The van der Waals surface area contributed by atoms with Crippen LogP contribution in [0.4, 0.5) is 4.79 Å². The van der Waals surface area contributed by atoms with Gasteiger partial charge >= 0.3 is 6.09 Å². The lowest BCUT2D eigenvalue weighted by atomic mass is 10.0. The molecule has 2 amide bonds. The van der Waals surface area contributed by atoms with Gasteiger partial charge in [-0.25, -0.2) is 19.7 Å². The molecule has 36 heavy (non-hydrogen) atoms. The zero-order chi connectivity index (χ0) is 25.1. The largest absolute Gasteiger partial charge is 0.488 e. The number of hydrogen-bond donors (Lipinski definition) is 1. The van der Waals surface area contributed by atoms with Gasteiger partial charge in [0.1, 0.15) is 36.0 Å². The molecule has 0 saturated carbocycles. The third kappa shape index (κ3) is 5.03. The molecule has 10 nitrogen and oxygen atoms in total. The van der Waals surface area contributed by atoms with E-state index in [-0.39, 0.29) is 35.6 Å². The molecule has 0 radical (unpaired) electrons. The van der Waals surface area contributed by atoms with Gasteiger partial charge in [-0.3, -0.25) is 4.79 Å². The van der Waals surface area contributed by atoms with Gasteiger partial charge in [0.05, 0.1) is 13.2 Å². The highest BCUT2D eigenvalue weighted by atomic mass is 35.5. The summed E-state index contributed by atoms with van der Waals surface area (Å²) >= 11 is 5.95. The maximum atomic E-state index is 13.1. The Morgan fingerprint density at radius 2 is 2.03 bits per heavy atom. The number of carbonyl (C=O) groups excluding carboxylic acids is 2. The van der Waals surface area contributed by atoms with Crippen LogP contribution in [0.25, 0.3) is 11.3 Å². The first kappa shape index (κ1) is 23.8. The Labute approximate surface area is 212 Å². The molecule has 0 bridgehead atoms. The molecule has 186 valence electrons. The Morgan fingerprint density at radius 3 is 2.78 bits per heavy atom. The number of amides is 2. The number of aromatic nitrogens is 3. The number of cyclic esters (lactones) is 1. The van der Waals surface area contributed by atoms with Crippen LogP contribution in [0, 0.1) is 0 Å². The van der Waals surface area contributed by atoms with Gasteiger partial charge in [-0.15, -0.1) is 0 Å². The fourth-order valence-corrected chi connectivity index (χ4v) is 4.47. The van der Waals surface area contributed by atoms with Gasteiger partial charge in [-0.2, -0.15) is 0 Å². The van der Waals surface area contributed by atoms with Crippen LogP contribution < -0.4 is 14.8 Å². The Kier molecular flexibility index (Phi) is 6.86. The van der Waals surface area contributed by atoms with Crippen molar-refractivity contribution in [1.29, 1.82) is 0 Å². The van der Waals surface area contributed by atoms with Crippen LogP contribution in [0.3, 0.4) is 0 Å². The SMILES string of the molecule is COc1nc(-c2cncnc2)c(O[C@H]2CCN3C(=O)OC[C@@H]3C2)cc1C(=O)NCc1ccc(Cl)cc1. The third-order valence-electron chi connectivity index (χ3n) is 6.19. The average Bonchev–Trinajstić information content (AvgIpc) is 3.28. The summed E-state index contributed by atoms with van der Waals surface area (Å²) < 4.78 is 17.0. The van der Waals surface area contributed by atoms with Crippen molar-refractivity contribution in [2.75, 3.05) is 20.3 Å². The molecule has 2 saturated heterocycles. The number of methoxy groups -OCH3 is 1. The van der Waals surface area contributed by atoms with Crippen molar-refractivity contribution in [1.82, 2.24) is 25.2 Å². The lowest BCUT2D eigenvalue weighted by Crippen LogP contribution is -2.44. The highest BCUT2D eigenvalue weighted by Crippen LogP contribution is 2.35. The minimum atomic E-state index is -0.361.